The molecule has 1 aliphatic heterocycles. The normalized spacial score (nSPS) is 17.8. The van der Waals surface area contributed by atoms with E-state index in [0.717, 1.165) is 25.1 Å². The first-order valence-electron chi connectivity index (χ1n) is 6.98. The predicted octanol–water partition coefficient (Wildman–Crippen LogP) is 2.74. The van der Waals surface area contributed by atoms with E-state index in [4.69, 9.17) is 0 Å². The van der Waals surface area contributed by atoms with Crippen LogP contribution in [0.2, 0.25) is 0 Å². The van der Waals surface area contributed by atoms with E-state index in [-0.39, 0.29) is 0 Å². The van der Waals surface area contributed by atoms with Crippen molar-refractivity contribution in [1.82, 2.24) is 9.55 Å². The Morgan fingerprint density at radius 3 is 2.85 bits per heavy atom. The molecule has 1 atom stereocenters. The maximum atomic E-state index is 11.3. The van der Waals surface area contributed by atoms with Crippen LogP contribution in [0.25, 0.3) is 0 Å². The molecule has 0 saturated carbocycles. The number of nitrogens with zero attached hydrogens (tertiary/aromatic N) is 2. The Labute approximate surface area is 118 Å². The highest BCUT2D eigenvalue weighted by Gasteiger charge is 2.28. The van der Waals surface area contributed by atoms with Gasteiger partial charge in [0.1, 0.15) is 11.7 Å². The Bertz CT molecular complexity index is 628. The second-order valence-electron chi connectivity index (χ2n) is 5.48. The number of aryl methyl sites for hydroxylation is 2. The standard InChI is InChI=1S/C16H18N2O2/c1-11-4-6-12(7-5-11)9-13-10-18-8-2-3-14(16(19)20)15(18)17-13/h4-7,10,14H,2-3,8-9H2,1H3,(H,19,20). The fraction of sp³-hybridized carbons (Fsp3) is 0.375. The number of hydrogen-bond acceptors (Lipinski definition) is 2. The van der Waals surface area contributed by atoms with Crippen molar-refractivity contribution in [3.05, 3.63) is 53.1 Å². The molecule has 1 aromatic heterocycles. The van der Waals surface area contributed by atoms with Gasteiger partial charge in [-0.25, -0.2) is 4.98 Å². The fourth-order valence-corrected chi connectivity index (χ4v) is 2.77. The van der Waals surface area contributed by atoms with Crippen LogP contribution < -0.4 is 0 Å². The summed E-state index contributed by atoms with van der Waals surface area (Å²) < 4.78 is 2.01. The molecular weight excluding hydrogens is 252 g/mol. The molecule has 0 bridgehead atoms. The van der Waals surface area contributed by atoms with Crippen LogP contribution in [-0.2, 0) is 17.8 Å². The Morgan fingerprint density at radius 2 is 2.15 bits per heavy atom. The number of aromatic nitrogens is 2. The van der Waals surface area contributed by atoms with Gasteiger partial charge in [0, 0.05) is 19.2 Å². The maximum absolute atomic E-state index is 11.3. The lowest BCUT2D eigenvalue weighted by Crippen LogP contribution is -2.21. The summed E-state index contributed by atoms with van der Waals surface area (Å²) in [5, 5.41) is 9.26. The summed E-state index contributed by atoms with van der Waals surface area (Å²) in [6.45, 7) is 2.94. The van der Waals surface area contributed by atoms with Gasteiger partial charge in [-0.2, -0.15) is 0 Å². The smallest absolute Gasteiger partial charge is 0.314 e. The Kier molecular flexibility index (Phi) is 3.30. The second kappa shape index (κ2) is 5.12. The first-order valence-corrected chi connectivity index (χ1v) is 6.98. The summed E-state index contributed by atoms with van der Waals surface area (Å²) in [4.78, 5) is 15.8. The van der Waals surface area contributed by atoms with Gasteiger partial charge in [-0.3, -0.25) is 4.79 Å². The number of hydrogen-bond donors (Lipinski definition) is 1. The lowest BCUT2D eigenvalue weighted by Gasteiger charge is -2.19. The van der Waals surface area contributed by atoms with Crippen LogP contribution in [0.15, 0.2) is 30.5 Å². The molecule has 1 aliphatic rings. The summed E-state index contributed by atoms with van der Waals surface area (Å²) >= 11 is 0. The zero-order valence-electron chi connectivity index (χ0n) is 11.5. The third kappa shape index (κ3) is 2.46. The van der Waals surface area contributed by atoms with E-state index in [0.29, 0.717) is 12.2 Å². The van der Waals surface area contributed by atoms with Crippen LogP contribution in [0, 0.1) is 6.92 Å². The van der Waals surface area contributed by atoms with Crippen LogP contribution >= 0.6 is 0 Å². The van der Waals surface area contributed by atoms with Crippen molar-refractivity contribution in [2.75, 3.05) is 0 Å². The number of imidazole rings is 1. The topological polar surface area (TPSA) is 55.1 Å². The van der Waals surface area contributed by atoms with Gasteiger partial charge < -0.3 is 9.67 Å². The van der Waals surface area contributed by atoms with Crippen molar-refractivity contribution in [2.24, 2.45) is 0 Å². The Hall–Kier alpha value is -2.10. The molecule has 0 saturated heterocycles. The molecule has 20 heavy (non-hydrogen) atoms. The SMILES string of the molecule is Cc1ccc(Cc2cn3c(n2)C(C(=O)O)CCC3)cc1. The molecule has 0 amide bonds. The maximum Gasteiger partial charge on any atom is 0.314 e. The van der Waals surface area contributed by atoms with Crippen molar-refractivity contribution in [3.63, 3.8) is 0 Å². The molecule has 3 rings (SSSR count). The van der Waals surface area contributed by atoms with Gasteiger partial charge in [-0.1, -0.05) is 29.8 Å². The van der Waals surface area contributed by atoms with Crippen molar-refractivity contribution >= 4 is 5.97 Å². The third-order valence-electron chi connectivity index (χ3n) is 3.86. The van der Waals surface area contributed by atoms with Gasteiger partial charge >= 0.3 is 5.97 Å². The van der Waals surface area contributed by atoms with Crippen LogP contribution in [0.5, 0.6) is 0 Å². The number of rotatable bonds is 3. The van der Waals surface area contributed by atoms with E-state index < -0.39 is 11.9 Å². The highest BCUT2D eigenvalue weighted by molar-refractivity contribution is 5.75. The zero-order valence-corrected chi connectivity index (χ0v) is 11.5. The minimum atomic E-state index is -0.765. The van der Waals surface area contributed by atoms with Gasteiger partial charge in [-0.15, -0.1) is 0 Å². The number of aliphatic carboxylic acids is 1. The summed E-state index contributed by atoms with van der Waals surface area (Å²) in [7, 11) is 0. The van der Waals surface area contributed by atoms with E-state index >= 15 is 0 Å². The highest BCUT2D eigenvalue weighted by atomic mass is 16.4. The molecule has 1 aromatic carbocycles. The van der Waals surface area contributed by atoms with Crippen LogP contribution in [0.1, 0.15) is 41.4 Å². The number of carboxylic acid groups (broad SMARTS) is 1. The molecule has 0 radical (unpaired) electrons. The van der Waals surface area contributed by atoms with Gasteiger partial charge in [0.05, 0.1) is 5.69 Å². The molecular formula is C16H18N2O2. The lowest BCUT2D eigenvalue weighted by molar-refractivity contribution is -0.139. The van der Waals surface area contributed by atoms with E-state index in [1.165, 1.54) is 11.1 Å². The molecule has 1 N–H and O–H groups in total. The van der Waals surface area contributed by atoms with Crippen LogP contribution in [0.3, 0.4) is 0 Å². The molecule has 2 aromatic rings. The summed E-state index contributed by atoms with van der Waals surface area (Å²) in [6, 6.07) is 8.38. The second-order valence-corrected chi connectivity index (χ2v) is 5.48. The molecule has 2 heterocycles. The predicted molar refractivity (Wildman–Crippen MR) is 75.8 cm³/mol. The van der Waals surface area contributed by atoms with Crippen molar-refractivity contribution in [1.29, 1.82) is 0 Å². The number of carbonyl (C=O) groups is 1. The minimum absolute atomic E-state index is 0.449. The lowest BCUT2D eigenvalue weighted by atomic mass is 9.99. The van der Waals surface area contributed by atoms with E-state index in [1.807, 2.05) is 10.8 Å². The van der Waals surface area contributed by atoms with Crippen molar-refractivity contribution in [3.8, 4) is 0 Å². The molecule has 104 valence electrons. The first kappa shape index (κ1) is 12.9. The monoisotopic (exact) mass is 270 g/mol. The summed E-state index contributed by atoms with van der Waals surface area (Å²) in [5.41, 5.74) is 3.40. The van der Waals surface area contributed by atoms with E-state index in [1.54, 1.807) is 0 Å². The quantitative estimate of drug-likeness (QED) is 0.933. The number of carboxylic acids is 1. The van der Waals surface area contributed by atoms with Gasteiger partial charge in [0.15, 0.2) is 0 Å². The molecule has 0 spiro atoms. The minimum Gasteiger partial charge on any atom is -0.481 e. The van der Waals surface area contributed by atoms with Crippen molar-refractivity contribution in [2.45, 2.75) is 38.6 Å². The van der Waals surface area contributed by atoms with Gasteiger partial charge in [0.2, 0.25) is 0 Å². The van der Waals surface area contributed by atoms with Gasteiger partial charge in [0.25, 0.3) is 0 Å². The molecule has 0 aliphatic carbocycles. The number of benzene rings is 1. The summed E-state index contributed by atoms with van der Waals surface area (Å²) in [5.74, 6) is -0.500. The average molecular weight is 270 g/mol. The third-order valence-corrected chi connectivity index (χ3v) is 3.86. The van der Waals surface area contributed by atoms with Crippen LogP contribution in [0.4, 0.5) is 0 Å². The summed E-state index contributed by atoms with van der Waals surface area (Å²) in [6.07, 6.45) is 4.36. The average Bonchev–Trinajstić information content (AvgIpc) is 2.83. The van der Waals surface area contributed by atoms with E-state index in [9.17, 15) is 9.90 Å². The zero-order chi connectivity index (χ0) is 14.1. The Balaban J connectivity index is 1.85. The van der Waals surface area contributed by atoms with Gasteiger partial charge in [-0.05, 0) is 25.3 Å². The largest absolute Gasteiger partial charge is 0.481 e. The first-order chi connectivity index (χ1) is 9.63. The van der Waals surface area contributed by atoms with Crippen LogP contribution in [-0.4, -0.2) is 20.6 Å². The molecule has 1 unspecified atom stereocenters. The molecule has 4 heteroatoms. The Morgan fingerprint density at radius 1 is 1.40 bits per heavy atom. The van der Waals surface area contributed by atoms with E-state index in [2.05, 4.69) is 36.2 Å². The van der Waals surface area contributed by atoms with Crippen molar-refractivity contribution < 1.29 is 9.90 Å². The number of fused-ring (bicyclic) bond motifs is 1. The fourth-order valence-electron chi connectivity index (χ4n) is 2.77. The molecule has 4 nitrogen and oxygen atoms in total. The highest BCUT2D eigenvalue weighted by Crippen LogP contribution is 2.27. The molecule has 0 fully saturated rings.